The second kappa shape index (κ2) is 6.07. The zero-order chi connectivity index (χ0) is 14.0. The minimum Gasteiger partial charge on any atom is -0.399 e. The van der Waals surface area contributed by atoms with Crippen molar-refractivity contribution in [3.05, 3.63) is 55.4 Å². The first-order valence-electron chi connectivity index (χ1n) is 5.29. The second-order valence-electron chi connectivity index (χ2n) is 3.82. The number of anilines is 2. The summed E-state index contributed by atoms with van der Waals surface area (Å²) in [6, 6.07) is 10.6. The van der Waals surface area contributed by atoms with Crippen LogP contribution < -0.4 is 11.1 Å². The molecule has 0 aliphatic heterocycles. The lowest BCUT2D eigenvalue weighted by molar-refractivity contribution is 0.102. The van der Waals surface area contributed by atoms with E-state index >= 15 is 0 Å². The number of hydrogen-bond acceptors (Lipinski definition) is 2. The van der Waals surface area contributed by atoms with E-state index in [0.717, 1.165) is 13.4 Å². The average Bonchev–Trinajstić information content (AvgIpc) is 2.32. The standard InChI is InChI=1S/C13H9Br3N2O/c14-7-1-3-9(10(15)5-7)13(19)18-12-4-2-8(17)6-11(12)16/h1-6H,17H2,(H,18,19). The first-order valence-corrected chi connectivity index (χ1v) is 7.66. The van der Waals surface area contributed by atoms with Crippen molar-refractivity contribution >= 4 is 65.1 Å². The third-order valence-corrected chi connectivity index (χ3v) is 4.22. The Labute approximate surface area is 136 Å². The van der Waals surface area contributed by atoms with Gasteiger partial charge in [0.2, 0.25) is 0 Å². The van der Waals surface area contributed by atoms with Crippen LogP contribution in [0.5, 0.6) is 0 Å². The van der Waals surface area contributed by atoms with Crippen LogP contribution >= 0.6 is 47.8 Å². The summed E-state index contributed by atoms with van der Waals surface area (Å²) in [5.41, 5.74) is 7.53. The number of amides is 1. The maximum Gasteiger partial charge on any atom is 0.256 e. The molecule has 0 aliphatic carbocycles. The van der Waals surface area contributed by atoms with Crippen LogP contribution in [0.4, 0.5) is 11.4 Å². The highest BCUT2D eigenvalue weighted by Crippen LogP contribution is 2.27. The van der Waals surface area contributed by atoms with Gasteiger partial charge >= 0.3 is 0 Å². The first kappa shape index (κ1) is 14.6. The number of nitrogens with two attached hydrogens (primary N) is 1. The van der Waals surface area contributed by atoms with E-state index in [-0.39, 0.29) is 5.91 Å². The van der Waals surface area contributed by atoms with Gasteiger partial charge in [0.15, 0.2) is 0 Å². The molecule has 0 spiro atoms. The van der Waals surface area contributed by atoms with Crippen molar-refractivity contribution in [1.29, 1.82) is 0 Å². The third-order valence-electron chi connectivity index (χ3n) is 2.42. The predicted molar refractivity (Wildman–Crippen MR) is 88.3 cm³/mol. The molecule has 19 heavy (non-hydrogen) atoms. The Balaban J connectivity index is 2.25. The van der Waals surface area contributed by atoms with Crippen LogP contribution in [0.3, 0.4) is 0 Å². The van der Waals surface area contributed by atoms with E-state index in [2.05, 4.69) is 53.1 Å². The van der Waals surface area contributed by atoms with E-state index in [1.165, 1.54) is 0 Å². The normalized spacial score (nSPS) is 10.3. The summed E-state index contributed by atoms with van der Waals surface area (Å²) in [7, 11) is 0. The molecule has 0 radical (unpaired) electrons. The van der Waals surface area contributed by atoms with Gasteiger partial charge in [-0.2, -0.15) is 0 Å². The number of benzene rings is 2. The lowest BCUT2D eigenvalue weighted by atomic mass is 10.2. The van der Waals surface area contributed by atoms with Crippen molar-refractivity contribution in [2.24, 2.45) is 0 Å². The van der Waals surface area contributed by atoms with Crippen LogP contribution in [-0.4, -0.2) is 5.91 Å². The molecule has 2 rings (SSSR count). The SMILES string of the molecule is Nc1ccc(NC(=O)c2ccc(Br)cc2Br)c(Br)c1. The van der Waals surface area contributed by atoms with Gasteiger partial charge in [-0.05, 0) is 68.3 Å². The van der Waals surface area contributed by atoms with E-state index in [1.54, 1.807) is 24.3 Å². The fourth-order valence-corrected chi connectivity index (χ4v) is 3.22. The molecular weight excluding hydrogens is 440 g/mol. The largest absolute Gasteiger partial charge is 0.399 e. The number of carbonyl (C=O) groups excluding carboxylic acids is 1. The van der Waals surface area contributed by atoms with Gasteiger partial charge in [0.1, 0.15) is 0 Å². The highest BCUT2D eigenvalue weighted by Gasteiger charge is 2.12. The fraction of sp³-hybridized carbons (Fsp3) is 0. The Morgan fingerprint density at radius 2 is 1.74 bits per heavy atom. The van der Waals surface area contributed by atoms with Gasteiger partial charge in [0, 0.05) is 19.1 Å². The highest BCUT2D eigenvalue weighted by molar-refractivity contribution is 9.11. The molecule has 0 unspecified atom stereocenters. The molecule has 0 saturated heterocycles. The summed E-state index contributed by atoms with van der Waals surface area (Å²) in [4.78, 5) is 12.2. The third kappa shape index (κ3) is 3.58. The fourth-order valence-electron chi connectivity index (χ4n) is 1.50. The van der Waals surface area contributed by atoms with Gasteiger partial charge in [-0.25, -0.2) is 0 Å². The molecule has 0 saturated carbocycles. The van der Waals surface area contributed by atoms with E-state index < -0.39 is 0 Å². The average molecular weight is 449 g/mol. The molecule has 0 bridgehead atoms. The molecule has 3 nitrogen and oxygen atoms in total. The maximum absolute atomic E-state index is 12.2. The maximum atomic E-state index is 12.2. The van der Waals surface area contributed by atoms with Crippen LogP contribution in [0.2, 0.25) is 0 Å². The monoisotopic (exact) mass is 446 g/mol. The van der Waals surface area contributed by atoms with Crippen molar-refractivity contribution in [2.75, 3.05) is 11.1 Å². The van der Waals surface area contributed by atoms with Crippen molar-refractivity contribution in [2.45, 2.75) is 0 Å². The molecule has 98 valence electrons. The molecule has 1 amide bonds. The molecule has 0 atom stereocenters. The number of nitrogens with one attached hydrogen (secondary N) is 1. The summed E-state index contributed by atoms with van der Waals surface area (Å²) >= 11 is 10.1. The van der Waals surface area contributed by atoms with E-state index in [0.29, 0.717) is 16.9 Å². The zero-order valence-electron chi connectivity index (χ0n) is 9.58. The lowest BCUT2D eigenvalue weighted by Gasteiger charge is -2.09. The Kier molecular flexibility index (Phi) is 4.65. The van der Waals surface area contributed by atoms with E-state index in [4.69, 9.17) is 5.73 Å². The van der Waals surface area contributed by atoms with Crippen LogP contribution in [0, 0.1) is 0 Å². The smallest absolute Gasteiger partial charge is 0.256 e. The van der Waals surface area contributed by atoms with Crippen molar-refractivity contribution in [3.63, 3.8) is 0 Å². The van der Waals surface area contributed by atoms with Crippen LogP contribution in [0.25, 0.3) is 0 Å². The molecule has 0 aliphatic rings. The predicted octanol–water partition coefficient (Wildman–Crippen LogP) is 4.81. The van der Waals surface area contributed by atoms with Gasteiger partial charge in [-0.15, -0.1) is 0 Å². The highest BCUT2D eigenvalue weighted by atomic mass is 79.9. The number of halogens is 3. The number of nitrogen functional groups attached to an aromatic ring is 1. The summed E-state index contributed by atoms with van der Waals surface area (Å²) < 4.78 is 2.38. The van der Waals surface area contributed by atoms with E-state index in [1.807, 2.05) is 12.1 Å². The van der Waals surface area contributed by atoms with Gasteiger partial charge < -0.3 is 11.1 Å². The second-order valence-corrected chi connectivity index (χ2v) is 6.44. The van der Waals surface area contributed by atoms with E-state index in [9.17, 15) is 4.79 Å². The van der Waals surface area contributed by atoms with Gasteiger partial charge in [0.05, 0.1) is 11.3 Å². The van der Waals surface area contributed by atoms with Gasteiger partial charge in [-0.3, -0.25) is 4.79 Å². The topological polar surface area (TPSA) is 55.1 Å². The summed E-state index contributed by atoms with van der Waals surface area (Å²) in [5, 5.41) is 2.83. The first-order chi connectivity index (χ1) is 8.97. The minimum absolute atomic E-state index is 0.190. The minimum atomic E-state index is -0.190. The Bertz CT molecular complexity index is 644. The zero-order valence-corrected chi connectivity index (χ0v) is 14.3. The molecule has 0 fully saturated rings. The lowest BCUT2D eigenvalue weighted by Crippen LogP contribution is -2.13. The molecule has 0 heterocycles. The summed E-state index contributed by atoms with van der Waals surface area (Å²) in [5.74, 6) is -0.190. The van der Waals surface area contributed by atoms with Crippen LogP contribution in [0.15, 0.2) is 49.8 Å². The van der Waals surface area contributed by atoms with Crippen molar-refractivity contribution in [1.82, 2.24) is 0 Å². The molecule has 2 aromatic rings. The number of hydrogen-bond donors (Lipinski definition) is 2. The molecular formula is C13H9Br3N2O. The molecule has 6 heteroatoms. The quantitative estimate of drug-likeness (QED) is 0.648. The summed E-state index contributed by atoms with van der Waals surface area (Å²) in [6.07, 6.45) is 0. The van der Waals surface area contributed by atoms with Crippen molar-refractivity contribution < 1.29 is 4.79 Å². The van der Waals surface area contributed by atoms with Crippen LogP contribution in [-0.2, 0) is 0 Å². The molecule has 0 aromatic heterocycles. The van der Waals surface area contributed by atoms with Gasteiger partial charge in [-0.1, -0.05) is 15.9 Å². The van der Waals surface area contributed by atoms with Crippen LogP contribution in [0.1, 0.15) is 10.4 Å². The number of rotatable bonds is 2. The van der Waals surface area contributed by atoms with Gasteiger partial charge in [0.25, 0.3) is 5.91 Å². The Morgan fingerprint density at radius 3 is 2.37 bits per heavy atom. The Hall–Kier alpha value is -0.850. The molecule has 2 aromatic carbocycles. The molecule has 3 N–H and O–H groups in total. The Morgan fingerprint density at radius 1 is 1.00 bits per heavy atom. The summed E-state index contributed by atoms with van der Waals surface area (Å²) in [6.45, 7) is 0. The van der Waals surface area contributed by atoms with Crippen molar-refractivity contribution in [3.8, 4) is 0 Å². The number of carbonyl (C=O) groups is 1.